The van der Waals surface area contributed by atoms with Crippen LogP contribution in [0.15, 0.2) is 30.5 Å². The van der Waals surface area contributed by atoms with Gasteiger partial charge >= 0.3 is 0 Å². The Bertz CT molecular complexity index is 630. The first kappa shape index (κ1) is 13.6. The molecular weight excluding hydrogens is 276 g/mol. The highest BCUT2D eigenvalue weighted by Crippen LogP contribution is 2.26. The zero-order chi connectivity index (χ0) is 14.2. The molecule has 1 aromatic heterocycles. The number of benzene rings is 1. The average Bonchev–Trinajstić information content (AvgIpc) is 2.75. The van der Waals surface area contributed by atoms with Crippen molar-refractivity contribution in [2.75, 3.05) is 18.5 Å². The fourth-order valence-corrected chi connectivity index (χ4v) is 2.53. The van der Waals surface area contributed by atoms with Crippen LogP contribution in [0.1, 0.15) is 13.8 Å². The zero-order valence-electron chi connectivity index (χ0n) is 11.5. The molecule has 1 fully saturated rings. The molecule has 20 heavy (non-hydrogen) atoms. The fraction of sp³-hybridized carbons (Fsp3) is 0.400. The van der Waals surface area contributed by atoms with Gasteiger partial charge in [0.1, 0.15) is 6.10 Å². The number of anilines is 1. The predicted molar refractivity (Wildman–Crippen MR) is 80.1 cm³/mol. The maximum atomic E-state index is 5.99. The summed E-state index contributed by atoms with van der Waals surface area (Å²) < 4.78 is 11.3. The molecule has 5 heteroatoms. The SMILES string of the molecule is CC1(C)OCC(CNc2ccnc3cc(Cl)ccc23)O1. The van der Waals surface area contributed by atoms with Crippen molar-refractivity contribution < 1.29 is 9.47 Å². The minimum absolute atomic E-state index is 0.0560. The molecular formula is C15H17ClN2O2. The largest absolute Gasteiger partial charge is 0.382 e. The van der Waals surface area contributed by atoms with Crippen molar-refractivity contribution in [2.45, 2.75) is 25.7 Å². The second kappa shape index (κ2) is 5.20. The molecule has 3 rings (SSSR count). The van der Waals surface area contributed by atoms with Crippen LogP contribution in [0.2, 0.25) is 5.02 Å². The molecule has 1 saturated heterocycles. The van der Waals surface area contributed by atoms with Gasteiger partial charge in [-0.05, 0) is 38.1 Å². The Morgan fingerprint density at radius 2 is 2.25 bits per heavy atom. The third-order valence-electron chi connectivity index (χ3n) is 3.29. The van der Waals surface area contributed by atoms with E-state index in [0.717, 1.165) is 16.6 Å². The van der Waals surface area contributed by atoms with Gasteiger partial charge in [0.2, 0.25) is 0 Å². The van der Waals surface area contributed by atoms with Crippen LogP contribution in [0.4, 0.5) is 5.69 Å². The average molecular weight is 293 g/mol. The first-order valence-corrected chi connectivity index (χ1v) is 7.01. The Morgan fingerprint density at radius 3 is 3.00 bits per heavy atom. The molecule has 1 aromatic carbocycles. The molecule has 1 N–H and O–H groups in total. The Morgan fingerprint density at radius 1 is 1.40 bits per heavy atom. The molecule has 0 aliphatic carbocycles. The van der Waals surface area contributed by atoms with Gasteiger partial charge in [0.25, 0.3) is 0 Å². The van der Waals surface area contributed by atoms with Crippen molar-refractivity contribution in [2.24, 2.45) is 0 Å². The van der Waals surface area contributed by atoms with Gasteiger partial charge in [0.05, 0.1) is 12.1 Å². The standard InChI is InChI=1S/C15H17ClN2O2/c1-15(2)19-9-11(20-15)8-18-13-5-6-17-14-7-10(16)3-4-12(13)14/h3-7,11H,8-9H2,1-2H3,(H,17,18). The van der Waals surface area contributed by atoms with E-state index in [1.807, 2.05) is 38.1 Å². The van der Waals surface area contributed by atoms with Crippen molar-refractivity contribution in [3.05, 3.63) is 35.5 Å². The van der Waals surface area contributed by atoms with Crippen LogP contribution in [-0.2, 0) is 9.47 Å². The van der Waals surface area contributed by atoms with E-state index in [0.29, 0.717) is 18.2 Å². The minimum Gasteiger partial charge on any atom is -0.382 e. The highest BCUT2D eigenvalue weighted by Gasteiger charge is 2.32. The maximum absolute atomic E-state index is 5.99. The van der Waals surface area contributed by atoms with E-state index in [2.05, 4.69) is 10.3 Å². The molecule has 1 aliphatic heterocycles. The lowest BCUT2D eigenvalue weighted by Crippen LogP contribution is -2.26. The maximum Gasteiger partial charge on any atom is 0.163 e. The molecule has 0 spiro atoms. The quantitative estimate of drug-likeness (QED) is 0.941. The Balaban J connectivity index is 1.75. The summed E-state index contributed by atoms with van der Waals surface area (Å²) in [5.74, 6) is -0.486. The van der Waals surface area contributed by atoms with Gasteiger partial charge in [-0.15, -0.1) is 0 Å². The normalized spacial score (nSPS) is 21.2. The van der Waals surface area contributed by atoms with Gasteiger partial charge in [-0.3, -0.25) is 4.98 Å². The summed E-state index contributed by atoms with van der Waals surface area (Å²) in [7, 11) is 0. The summed E-state index contributed by atoms with van der Waals surface area (Å²) in [4.78, 5) is 4.33. The van der Waals surface area contributed by atoms with Crippen molar-refractivity contribution in [1.82, 2.24) is 4.98 Å². The molecule has 0 radical (unpaired) electrons. The smallest absolute Gasteiger partial charge is 0.163 e. The molecule has 0 amide bonds. The monoisotopic (exact) mass is 292 g/mol. The first-order valence-electron chi connectivity index (χ1n) is 6.63. The minimum atomic E-state index is -0.486. The second-order valence-electron chi connectivity index (χ2n) is 5.35. The van der Waals surface area contributed by atoms with Crippen LogP contribution in [-0.4, -0.2) is 30.0 Å². The van der Waals surface area contributed by atoms with Gasteiger partial charge < -0.3 is 14.8 Å². The number of rotatable bonds is 3. The number of pyridine rings is 1. The fourth-order valence-electron chi connectivity index (χ4n) is 2.36. The number of ether oxygens (including phenoxy) is 2. The van der Waals surface area contributed by atoms with E-state index >= 15 is 0 Å². The van der Waals surface area contributed by atoms with Gasteiger partial charge in [-0.2, -0.15) is 0 Å². The van der Waals surface area contributed by atoms with Gasteiger partial charge in [0.15, 0.2) is 5.79 Å². The molecule has 106 valence electrons. The predicted octanol–water partition coefficient (Wildman–Crippen LogP) is 3.45. The Labute approximate surface area is 123 Å². The Kier molecular flexibility index (Phi) is 3.54. The summed E-state index contributed by atoms with van der Waals surface area (Å²) in [5.41, 5.74) is 1.91. The number of halogens is 1. The van der Waals surface area contributed by atoms with Crippen LogP contribution in [0.5, 0.6) is 0 Å². The van der Waals surface area contributed by atoms with E-state index in [1.54, 1.807) is 6.20 Å². The van der Waals surface area contributed by atoms with Crippen LogP contribution >= 0.6 is 11.6 Å². The van der Waals surface area contributed by atoms with E-state index < -0.39 is 5.79 Å². The number of hydrogen-bond acceptors (Lipinski definition) is 4. The topological polar surface area (TPSA) is 43.4 Å². The molecule has 4 nitrogen and oxygen atoms in total. The molecule has 2 heterocycles. The number of nitrogens with zero attached hydrogens (tertiary/aromatic N) is 1. The van der Waals surface area contributed by atoms with Crippen LogP contribution in [0.25, 0.3) is 10.9 Å². The van der Waals surface area contributed by atoms with E-state index in [1.165, 1.54) is 0 Å². The lowest BCUT2D eigenvalue weighted by molar-refractivity contribution is -0.136. The molecule has 2 aromatic rings. The first-order chi connectivity index (χ1) is 9.53. The second-order valence-corrected chi connectivity index (χ2v) is 5.79. The number of aromatic nitrogens is 1. The van der Waals surface area contributed by atoms with Crippen LogP contribution < -0.4 is 5.32 Å². The molecule has 1 aliphatic rings. The summed E-state index contributed by atoms with van der Waals surface area (Å²) in [6, 6.07) is 7.66. The summed E-state index contributed by atoms with van der Waals surface area (Å²) in [6.07, 6.45) is 1.83. The van der Waals surface area contributed by atoms with Gasteiger partial charge in [0, 0.05) is 28.8 Å². The van der Waals surface area contributed by atoms with Crippen molar-refractivity contribution in [1.29, 1.82) is 0 Å². The highest BCUT2D eigenvalue weighted by molar-refractivity contribution is 6.31. The molecule has 1 unspecified atom stereocenters. The number of nitrogens with one attached hydrogen (secondary N) is 1. The van der Waals surface area contributed by atoms with Crippen molar-refractivity contribution in [3.63, 3.8) is 0 Å². The van der Waals surface area contributed by atoms with E-state index in [-0.39, 0.29) is 6.10 Å². The molecule has 0 bridgehead atoms. The Hall–Kier alpha value is -1.36. The van der Waals surface area contributed by atoms with E-state index in [9.17, 15) is 0 Å². The third-order valence-corrected chi connectivity index (χ3v) is 3.53. The van der Waals surface area contributed by atoms with Crippen LogP contribution in [0, 0.1) is 0 Å². The lowest BCUT2D eigenvalue weighted by Gasteiger charge is -2.18. The lowest BCUT2D eigenvalue weighted by atomic mass is 10.2. The van der Waals surface area contributed by atoms with Gasteiger partial charge in [-0.25, -0.2) is 0 Å². The van der Waals surface area contributed by atoms with Crippen molar-refractivity contribution in [3.8, 4) is 0 Å². The van der Waals surface area contributed by atoms with Crippen molar-refractivity contribution >= 4 is 28.2 Å². The summed E-state index contributed by atoms with van der Waals surface area (Å²) >= 11 is 5.99. The molecule has 1 atom stereocenters. The number of hydrogen-bond donors (Lipinski definition) is 1. The number of fused-ring (bicyclic) bond motifs is 1. The molecule has 0 saturated carbocycles. The summed E-state index contributed by atoms with van der Waals surface area (Å²) in [5, 5.41) is 5.14. The zero-order valence-corrected chi connectivity index (χ0v) is 12.3. The third kappa shape index (κ3) is 2.87. The summed E-state index contributed by atoms with van der Waals surface area (Å²) in [6.45, 7) is 5.16. The van der Waals surface area contributed by atoms with Gasteiger partial charge in [-0.1, -0.05) is 11.6 Å². The highest BCUT2D eigenvalue weighted by atomic mass is 35.5. The van der Waals surface area contributed by atoms with E-state index in [4.69, 9.17) is 21.1 Å². The van der Waals surface area contributed by atoms with Crippen LogP contribution in [0.3, 0.4) is 0 Å².